The standard InChI is InChI=1S/C33H21Cl.C27H17Br.C6H5BClO2.2CH4/c34-25-20-18-22(19-21-25)26-11-7-15-31-32(26)27-10-3-6-14-30(27)33(31)28-12-4-1-8-23(28)16-17-24-9-2-5-13-29(24)33;28-25-15-7-14-24-26(25)20-10-3-6-13-23(20)27(24)21-11-4-1-8-18(21)16-17-19-9-2-5-12-22(19)27;8-5-1-3-6(4-2-5)10-7-9;;/h1-21H;1-17H;1-4,9H;2*1H4. The molecule has 6 heteroatoms. The van der Waals surface area contributed by atoms with Crippen molar-refractivity contribution < 1.29 is 9.68 Å². The highest BCUT2D eigenvalue weighted by Gasteiger charge is 2.50. The molecule has 0 atom stereocenters. The molecule has 0 heterocycles. The molecule has 0 aliphatic heterocycles. The van der Waals surface area contributed by atoms with Crippen molar-refractivity contribution in [3.05, 3.63) is 312 Å². The van der Waals surface area contributed by atoms with Gasteiger partial charge in [0.25, 0.3) is 0 Å². The van der Waals surface area contributed by atoms with Crippen LogP contribution in [0.5, 0.6) is 5.75 Å². The minimum Gasteiger partial charge on any atom is -0.537 e. The normalized spacial score (nSPS) is 13.3. The van der Waals surface area contributed by atoms with Crippen molar-refractivity contribution in [3.63, 3.8) is 0 Å². The highest BCUT2D eigenvalue weighted by atomic mass is 79.9. The highest BCUT2D eigenvalue weighted by molar-refractivity contribution is 9.10. The zero-order valence-corrected chi connectivity index (χ0v) is 41.9. The second-order valence-corrected chi connectivity index (χ2v) is 19.9. The van der Waals surface area contributed by atoms with Gasteiger partial charge in [0.15, 0.2) is 0 Å². The molecular formula is C68H51BBrCl2O2. The van der Waals surface area contributed by atoms with E-state index in [4.69, 9.17) is 28.2 Å². The maximum atomic E-state index is 8.21. The van der Waals surface area contributed by atoms with E-state index >= 15 is 0 Å². The third kappa shape index (κ3) is 8.09. The molecular weight excluding hydrogens is 1010 g/mol. The molecule has 0 unspecified atom stereocenters. The second-order valence-electron chi connectivity index (χ2n) is 18.2. The Morgan fingerprint density at radius 3 is 1.14 bits per heavy atom. The molecule has 4 aliphatic carbocycles. The molecule has 0 saturated heterocycles. The molecule has 10 aromatic carbocycles. The first-order valence-electron chi connectivity index (χ1n) is 23.9. The Balaban J connectivity index is 0.000000141. The Labute approximate surface area is 454 Å². The summed E-state index contributed by atoms with van der Waals surface area (Å²) in [6.45, 7) is 0. The van der Waals surface area contributed by atoms with Crippen LogP contribution in [0.25, 0.3) is 57.7 Å². The maximum absolute atomic E-state index is 8.21. The summed E-state index contributed by atoms with van der Waals surface area (Å²) in [6.07, 6.45) is 9.07. The topological polar surface area (TPSA) is 29.5 Å². The number of halogens is 3. The molecule has 2 spiro atoms. The van der Waals surface area contributed by atoms with Gasteiger partial charge in [0.2, 0.25) is 0 Å². The lowest BCUT2D eigenvalue weighted by Crippen LogP contribution is -2.29. The van der Waals surface area contributed by atoms with E-state index in [1.165, 1.54) is 100 Å². The first kappa shape index (κ1) is 50.1. The third-order valence-corrected chi connectivity index (χ3v) is 15.8. The van der Waals surface area contributed by atoms with Crippen LogP contribution in [-0.2, 0) is 10.8 Å². The smallest absolute Gasteiger partial charge is 0.537 e. The monoisotopic (exact) mass is 1060 g/mol. The molecule has 4 aliphatic rings. The molecule has 0 amide bonds. The van der Waals surface area contributed by atoms with Gasteiger partial charge in [0.05, 0.1) is 10.8 Å². The van der Waals surface area contributed by atoms with E-state index < -0.39 is 0 Å². The van der Waals surface area contributed by atoms with Crippen LogP contribution in [-0.4, -0.2) is 12.7 Å². The number of hydrogen-bond acceptors (Lipinski definition) is 2. The van der Waals surface area contributed by atoms with Crippen LogP contribution in [0.2, 0.25) is 10.0 Å². The van der Waals surface area contributed by atoms with E-state index in [1.54, 1.807) is 24.3 Å². The lowest BCUT2D eigenvalue weighted by atomic mass is 9.66. The molecule has 1 N–H and O–H groups in total. The van der Waals surface area contributed by atoms with Gasteiger partial charge >= 0.3 is 7.69 Å². The molecule has 10 aromatic rings. The van der Waals surface area contributed by atoms with E-state index in [1.807, 2.05) is 12.1 Å². The minimum atomic E-state index is -0.384. The zero-order valence-electron chi connectivity index (χ0n) is 38.8. The molecule has 0 fully saturated rings. The van der Waals surface area contributed by atoms with Gasteiger partial charge in [-0.15, -0.1) is 0 Å². The molecule has 74 heavy (non-hydrogen) atoms. The summed E-state index contributed by atoms with van der Waals surface area (Å²) in [5.41, 5.74) is 22.8. The van der Waals surface area contributed by atoms with Crippen LogP contribution in [0.4, 0.5) is 0 Å². The lowest BCUT2D eigenvalue weighted by molar-refractivity contribution is 0.454. The van der Waals surface area contributed by atoms with E-state index in [-0.39, 0.29) is 25.7 Å². The summed E-state index contributed by atoms with van der Waals surface area (Å²) in [4.78, 5) is 0. The van der Waals surface area contributed by atoms with E-state index in [9.17, 15) is 0 Å². The minimum absolute atomic E-state index is 0. The van der Waals surface area contributed by atoms with Gasteiger partial charge in [0, 0.05) is 20.1 Å². The molecule has 1 radical (unpaired) electrons. The Morgan fingerprint density at radius 2 is 0.689 bits per heavy atom. The molecule has 0 saturated carbocycles. The number of fused-ring (bicyclic) bond motifs is 18. The quantitative estimate of drug-likeness (QED) is 0.179. The molecule has 359 valence electrons. The SMILES string of the molecule is Brc1cccc2c1-c1ccccc1C21c2ccccc2C=Cc2ccccc21.C.C.Clc1ccc(-c2cccc3c2-c2ccccc2C32c3ccccc3C=Cc3ccccc32)cc1.O[B]Oc1ccc(Cl)cc1. The van der Waals surface area contributed by atoms with Crippen molar-refractivity contribution in [2.45, 2.75) is 25.7 Å². The average molecular weight is 1060 g/mol. The number of hydrogen-bond donors (Lipinski definition) is 1. The fourth-order valence-electron chi connectivity index (χ4n) is 11.8. The molecule has 0 aromatic heterocycles. The summed E-state index contributed by atoms with van der Waals surface area (Å²) in [5.74, 6) is 0.562. The van der Waals surface area contributed by atoms with Crippen molar-refractivity contribution in [1.29, 1.82) is 0 Å². The first-order chi connectivity index (χ1) is 35.4. The number of rotatable bonds is 3. The summed E-state index contributed by atoms with van der Waals surface area (Å²) >= 11 is 15.7. The second kappa shape index (κ2) is 20.8. The fraction of sp³-hybridized carbons (Fsp3) is 0.0588. The Kier molecular flexibility index (Phi) is 14.1. The van der Waals surface area contributed by atoms with Crippen molar-refractivity contribution in [2.24, 2.45) is 0 Å². The fourth-order valence-corrected chi connectivity index (χ4v) is 12.6. The van der Waals surface area contributed by atoms with Gasteiger partial charge in [-0.3, -0.25) is 0 Å². The van der Waals surface area contributed by atoms with Crippen molar-refractivity contribution in [3.8, 4) is 39.1 Å². The van der Waals surface area contributed by atoms with E-state index in [2.05, 4.69) is 239 Å². The largest absolute Gasteiger partial charge is 0.569 e. The average Bonchev–Trinajstić information content (AvgIpc) is 3.83. The maximum Gasteiger partial charge on any atom is 0.569 e. The molecule has 2 nitrogen and oxygen atoms in total. The van der Waals surface area contributed by atoms with Gasteiger partial charge < -0.3 is 9.68 Å². The van der Waals surface area contributed by atoms with Gasteiger partial charge in [0.1, 0.15) is 5.75 Å². The van der Waals surface area contributed by atoms with Crippen molar-refractivity contribution >= 4 is 71.1 Å². The van der Waals surface area contributed by atoms with Gasteiger partial charge in [-0.1, -0.05) is 266 Å². The van der Waals surface area contributed by atoms with Crippen LogP contribution in [0.3, 0.4) is 0 Å². The zero-order chi connectivity index (χ0) is 48.8. The summed E-state index contributed by atoms with van der Waals surface area (Å²) in [7, 11) is 0.628. The summed E-state index contributed by atoms with van der Waals surface area (Å²) < 4.78 is 5.79. The highest BCUT2D eigenvalue weighted by Crippen LogP contribution is 2.61. The lowest BCUT2D eigenvalue weighted by Gasteiger charge is -2.35. The Morgan fingerprint density at radius 1 is 0.351 bits per heavy atom. The van der Waals surface area contributed by atoms with Crippen LogP contribution in [0.1, 0.15) is 81.6 Å². The predicted octanol–water partition coefficient (Wildman–Crippen LogP) is 18.7. The Bertz CT molecular complexity index is 3670. The van der Waals surface area contributed by atoms with Crippen molar-refractivity contribution in [1.82, 2.24) is 0 Å². The summed E-state index contributed by atoms with van der Waals surface area (Å²) in [6, 6.07) is 81.5. The summed E-state index contributed by atoms with van der Waals surface area (Å²) in [5, 5.41) is 9.61. The first-order valence-corrected chi connectivity index (χ1v) is 25.5. The van der Waals surface area contributed by atoms with Gasteiger partial charge in [-0.05, 0) is 137 Å². The molecule has 14 rings (SSSR count). The van der Waals surface area contributed by atoms with Crippen LogP contribution < -0.4 is 4.65 Å². The van der Waals surface area contributed by atoms with Gasteiger partial charge in [-0.25, -0.2) is 0 Å². The van der Waals surface area contributed by atoms with Crippen LogP contribution in [0, 0.1) is 0 Å². The van der Waals surface area contributed by atoms with E-state index in [0.717, 1.165) is 9.50 Å². The van der Waals surface area contributed by atoms with E-state index in [0.29, 0.717) is 18.5 Å². The third-order valence-electron chi connectivity index (χ3n) is 14.6. The predicted molar refractivity (Wildman–Crippen MR) is 317 cm³/mol. The number of benzene rings is 10. The van der Waals surface area contributed by atoms with Crippen molar-refractivity contribution in [2.75, 3.05) is 0 Å². The van der Waals surface area contributed by atoms with Crippen LogP contribution >= 0.6 is 39.1 Å². The molecule has 0 bridgehead atoms. The van der Waals surface area contributed by atoms with Gasteiger partial charge in [-0.2, -0.15) is 0 Å². The van der Waals surface area contributed by atoms with Crippen LogP contribution in [0.15, 0.2) is 235 Å². The Hall–Kier alpha value is -7.44.